The molecular formula is C14H20N2O2. The van der Waals surface area contributed by atoms with Gasteiger partial charge in [0.25, 0.3) is 0 Å². The Morgan fingerprint density at radius 1 is 1.00 bits per heavy atom. The Kier molecular flexibility index (Phi) is 3.28. The zero-order valence-electron chi connectivity index (χ0n) is 10.7. The summed E-state index contributed by atoms with van der Waals surface area (Å²) < 4.78 is 11.1. The van der Waals surface area contributed by atoms with Gasteiger partial charge >= 0.3 is 0 Å². The standard InChI is InChI=1S/C14H20N2O2/c15-12-9-14-13(17-6-7-18-14)8-11(12)10-16-4-2-1-3-5-16/h8-9H,1-7,10,15H2. The SMILES string of the molecule is Nc1cc2c(cc1CN1CCCCC1)OCCO2. The molecule has 1 aromatic carbocycles. The lowest BCUT2D eigenvalue weighted by molar-refractivity contribution is 0.171. The summed E-state index contributed by atoms with van der Waals surface area (Å²) in [5.41, 5.74) is 8.06. The molecule has 3 rings (SSSR count). The minimum atomic E-state index is 0.609. The maximum atomic E-state index is 6.10. The third-order valence-electron chi connectivity index (χ3n) is 3.65. The lowest BCUT2D eigenvalue weighted by Gasteiger charge is -2.27. The number of nitrogens with two attached hydrogens (primary N) is 1. The third kappa shape index (κ3) is 2.38. The van der Waals surface area contributed by atoms with Crippen molar-refractivity contribution in [3.05, 3.63) is 17.7 Å². The van der Waals surface area contributed by atoms with Crippen molar-refractivity contribution in [1.29, 1.82) is 0 Å². The molecule has 18 heavy (non-hydrogen) atoms. The first kappa shape index (κ1) is 11.7. The summed E-state index contributed by atoms with van der Waals surface area (Å²) >= 11 is 0. The molecule has 0 saturated carbocycles. The van der Waals surface area contributed by atoms with Gasteiger partial charge in [0.2, 0.25) is 0 Å². The van der Waals surface area contributed by atoms with Gasteiger partial charge in [-0.1, -0.05) is 6.42 Å². The minimum absolute atomic E-state index is 0.609. The average Bonchev–Trinajstić information content (AvgIpc) is 2.41. The Balaban J connectivity index is 1.78. The normalized spacial score (nSPS) is 19.8. The molecule has 4 heteroatoms. The number of likely N-dealkylation sites (tertiary alicyclic amines) is 1. The summed E-state index contributed by atoms with van der Waals surface area (Å²) in [7, 11) is 0. The fourth-order valence-electron chi connectivity index (χ4n) is 2.64. The van der Waals surface area contributed by atoms with E-state index in [1.165, 1.54) is 32.4 Å². The summed E-state index contributed by atoms with van der Waals surface area (Å²) in [5, 5.41) is 0. The lowest BCUT2D eigenvalue weighted by Crippen LogP contribution is -2.29. The number of anilines is 1. The molecule has 0 atom stereocenters. The molecule has 0 spiro atoms. The fourth-order valence-corrected chi connectivity index (χ4v) is 2.64. The number of fused-ring (bicyclic) bond motifs is 1. The number of nitrogen functional groups attached to an aromatic ring is 1. The molecule has 4 nitrogen and oxygen atoms in total. The molecular weight excluding hydrogens is 228 g/mol. The Bertz CT molecular complexity index is 428. The van der Waals surface area contributed by atoms with E-state index in [9.17, 15) is 0 Å². The number of hydrogen-bond acceptors (Lipinski definition) is 4. The van der Waals surface area contributed by atoms with Gasteiger partial charge in [-0.3, -0.25) is 4.90 Å². The number of nitrogens with zero attached hydrogens (tertiary/aromatic N) is 1. The predicted molar refractivity (Wildman–Crippen MR) is 71.0 cm³/mol. The van der Waals surface area contributed by atoms with E-state index in [0.29, 0.717) is 13.2 Å². The first-order chi connectivity index (χ1) is 8.83. The second-order valence-corrected chi connectivity index (χ2v) is 5.03. The molecule has 2 heterocycles. The Hall–Kier alpha value is -1.42. The number of ether oxygens (including phenoxy) is 2. The second-order valence-electron chi connectivity index (χ2n) is 5.03. The maximum Gasteiger partial charge on any atom is 0.163 e. The summed E-state index contributed by atoms with van der Waals surface area (Å²) in [6.07, 6.45) is 3.95. The maximum absolute atomic E-state index is 6.10. The second kappa shape index (κ2) is 5.06. The van der Waals surface area contributed by atoms with Crippen molar-refractivity contribution in [1.82, 2.24) is 4.90 Å². The highest BCUT2D eigenvalue weighted by Gasteiger charge is 2.17. The lowest BCUT2D eigenvalue weighted by atomic mass is 10.1. The van der Waals surface area contributed by atoms with E-state index in [-0.39, 0.29) is 0 Å². The highest BCUT2D eigenvalue weighted by Crippen LogP contribution is 2.35. The largest absolute Gasteiger partial charge is 0.486 e. The van der Waals surface area contributed by atoms with Crippen molar-refractivity contribution in [2.45, 2.75) is 25.8 Å². The van der Waals surface area contributed by atoms with E-state index in [0.717, 1.165) is 29.3 Å². The van der Waals surface area contributed by atoms with Crippen molar-refractivity contribution < 1.29 is 9.47 Å². The van der Waals surface area contributed by atoms with Gasteiger partial charge in [-0.2, -0.15) is 0 Å². The van der Waals surface area contributed by atoms with Crippen molar-refractivity contribution in [2.24, 2.45) is 0 Å². The van der Waals surface area contributed by atoms with Crippen LogP contribution in [0.5, 0.6) is 11.5 Å². The molecule has 0 bridgehead atoms. The van der Waals surface area contributed by atoms with Crippen LogP contribution < -0.4 is 15.2 Å². The van der Waals surface area contributed by atoms with Crippen LogP contribution in [0.1, 0.15) is 24.8 Å². The van der Waals surface area contributed by atoms with Gasteiger partial charge in [-0.05, 0) is 37.6 Å². The van der Waals surface area contributed by atoms with Gasteiger partial charge in [-0.15, -0.1) is 0 Å². The first-order valence-corrected chi connectivity index (χ1v) is 6.73. The van der Waals surface area contributed by atoms with Crippen LogP contribution in [0, 0.1) is 0 Å². The molecule has 0 aliphatic carbocycles. The molecule has 1 saturated heterocycles. The van der Waals surface area contributed by atoms with E-state index >= 15 is 0 Å². The van der Waals surface area contributed by atoms with Crippen LogP contribution in [0.4, 0.5) is 5.69 Å². The molecule has 2 aliphatic heterocycles. The van der Waals surface area contributed by atoms with Crippen LogP contribution >= 0.6 is 0 Å². The summed E-state index contributed by atoms with van der Waals surface area (Å²) in [5.74, 6) is 1.61. The quantitative estimate of drug-likeness (QED) is 0.813. The van der Waals surface area contributed by atoms with Crippen LogP contribution in [0.2, 0.25) is 0 Å². The van der Waals surface area contributed by atoms with E-state index in [1.807, 2.05) is 12.1 Å². The topological polar surface area (TPSA) is 47.7 Å². The summed E-state index contributed by atoms with van der Waals surface area (Å²) in [6, 6.07) is 3.94. The van der Waals surface area contributed by atoms with E-state index in [2.05, 4.69) is 4.90 Å². The van der Waals surface area contributed by atoms with E-state index in [1.54, 1.807) is 0 Å². The summed E-state index contributed by atoms with van der Waals surface area (Å²) in [4.78, 5) is 2.46. The molecule has 0 amide bonds. The van der Waals surface area contributed by atoms with Crippen molar-refractivity contribution in [2.75, 3.05) is 32.0 Å². The molecule has 0 aromatic heterocycles. The van der Waals surface area contributed by atoms with E-state index < -0.39 is 0 Å². The van der Waals surface area contributed by atoms with Crippen LogP contribution in [-0.2, 0) is 6.54 Å². The van der Waals surface area contributed by atoms with Gasteiger partial charge in [-0.25, -0.2) is 0 Å². The van der Waals surface area contributed by atoms with Crippen LogP contribution in [0.3, 0.4) is 0 Å². The Morgan fingerprint density at radius 2 is 1.67 bits per heavy atom. The monoisotopic (exact) mass is 248 g/mol. The number of benzene rings is 1. The van der Waals surface area contributed by atoms with Gasteiger partial charge < -0.3 is 15.2 Å². The predicted octanol–water partition coefficient (Wildman–Crippen LogP) is 2.03. The molecule has 2 N–H and O–H groups in total. The molecule has 2 aliphatic rings. The highest BCUT2D eigenvalue weighted by atomic mass is 16.6. The number of hydrogen-bond donors (Lipinski definition) is 1. The fraction of sp³-hybridized carbons (Fsp3) is 0.571. The number of piperidine rings is 1. The third-order valence-corrected chi connectivity index (χ3v) is 3.65. The van der Waals surface area contributed by atoms with Crippen molar-refractivity contribution >= 4 is 5.69 Å². The van der Waals surface area contributed by atoms with Gasteiger partial charge in [0.05, 0.1) is 0 Å². The van der Waals surface area contributed by atoms with Crippen LogP contribution in [-0.4, -0.2) is 31.2 Å². The summed E-state index contributed by atoms with van der Waals surface area (Å²) in [6.45, 7) is 4.50. The smallest absolute Gasteiger partial charge is 0.163 e. The van der Waals surface area contributed by atoms with Crippen molar-refractivity contribution in [3.63, 3.8) is 0 Å². The van der Waals surface area contributed by atoms with Gasteiger partial charge in [0, 0.05) is 18.3 Å². The molecule has 0 radical (unpaired) electrons. The first-order valence-electron chi connectivity index (χ1n) is 6.73. The van der Waals surface area contributed by atoms with Crippen molar-refractivity contribution in [3.8, 4) is 11.5 Å². The average molecular weight is 248 g/mol. The van der Waals surface area contributed by atoms with Gasteiger partial charge in [0.15, 0.2) is 11.5 Å². The zero-order chi connectivity index (χ0) is 12.4. The van der Waals surface area contributed by atoms with Gasteiger partial charge in [0.1, 0.15) is 13.2 Å². The highest BCUT2D eigenvalue weighted by molar-refractivity contribution is 5.58. The zero-order valence-corrected chi connectivity index (χ0v) is 10.7. The Labute approximate surface area is 108 Å². The van der Waals surface area contributed by atoms with Crippen LogP contribution in [0.25, 0.3) is 0 Å². The minimum Gasteiger partial charge on any atom is -0.486 e. The molecule has 0 unspecified atom stereocenters. The molecule has 1 fully saturated rings. The van der Waals surface area contributed by atoms with E-state index in [4.69, 9.17) is 15.2 Å². The molecule has 98 valence electrons. The number of rotatable bonds is 2. The van der Waals surface area contributed by atoms with Crippen LogP contribution in [0.15, 0.2) is 12.1 Å². The molecule has 1 aromatic rings. The Morgan fingerprint density at radius 3 is 2.39 bits per heavy atom.